The summed E-state index contributed by atoms with van der Waals surface area (Å²) >= 11 is 0. The van der Waals surface area contributed by atoms with E-state index >= 15 is 0 Å². The predicted molar refractivity (Wildman–Crippen MR) is 69.6 cm³/mol. The second-order valence-electron chi connectivity index (χ2n) is 4.95. The number of rotatable bonds is 6. The summed E-state index contributed by atoms with van der Waals surface area (Å²) in [6.45, 7) is 1.80. The molecular formula is C13H16O6S. The van der Waals surface area contributed by atoms with Crippen LogP contribution in [0.4, 0.5) is 0 Å². The molecule has 1 fully saturated rings. The maximum atomic E-state index is 12.0. The molecule has 0 bridgehead atoms. The molecule has 1 aliphatic carbocycles. The number of aliphatic hydroxyl groups excluding tert-OH is 1. The van der Waals surface area contributed by atoms with Gasteiger partial charge in [-0.15, -0.1) is 0 Å². The third-order valence-electron chi connectivity index (χ3n) is 3.20. The Balaban J connectivity index is 2.20. The van der Waals surface area contributed by atoms with E-state index in [2.05, 4.69) is 0 Å². The number of carboxylic acid groups (broad SMARTS) is 1. The first-order chi connectivity index (χ1) is 9.31. The lowest BCUT2D eigenvalue weighted by molar-refractivity contribution is -0.151. The lowest BCUT2D eigenvalue weighted by atomic mass is 10.1. The van der Waals surface area contributed by atoms with Gasteiger partial charge in [0.2, 0.25) is 0 Å². The van der Waals surface area contributed by atoms with Crippen LogP contribution in [0.15, 0.2) is 29.2 Å². The predicted octanol–water partition coefficient (Wildman–Crippen LogP) is 0.924. The molecule has 0 spiro atoms. The Labute approximate surface area is 117 Å². The van der Waals surface area contributed by atoms with Gasteiger partial charge in [-0.2, -0.15) is 8.42 Å². The molecule has 0 amide bonds. The van der Waals surface area contributed by atoms with Crippen molar-refractivity contribution in [1.29, 1.82) is 0 Å². The number of hydrogen-bond acceptors (Lipinski definition) is 5. The van der Waals surface area contributed by atoms with Crippen molar-refractivity contribution in [1.82, 2.24) is 0 Å². The molecule has 1 aromatic rings. The van der Waals surface area contributed by atoms with E-state index in [1.807, 2.05) is 0 Å². The second-order valence-corrected chi connectivity index (χ2v) is 6.52. The third-order valence-corrected chi connectivity index (χ3v) is 4.51. The molecule has 6 nitrogen and oxygen atoms in total. The van der Waals surface area contributed by atoms with E-state index in [1.54, 1.807) is 19.1 Å². The first-order valence-electron chi connectivity index (χ1n) is 6.22. The van der Waals surface area contributed by atoms with Gasteiger partial charge in [0.15, 0.2) is 6.10 Å². The highest BCUT2D eigenvalue weighted by molar-refractivity contribution is 7.86. The van der Waals surface area contributed by atoms with Crippen molar-refractivity contribution >= 4 is 16.1 Å². The van der Waals surface area contributed by atoms with Crippen LogP contribution in [0.5, 0.6) is 0 Å². The normalized spacial score (nSPS) is 18.5. The van der Waals surface area contributed by atoms with Crippen LogP contribution in [0.25, 0.3) is 0 Å². The van der Waals surface area contributed by atoms with Gasteiger partial charge < -0.3 is 10.2 Å². The van der Waals surface area contributed by atoms with Gasteiger partial charge in [-0.3, -0.25) is 0 Å². The minimum Gasteiger partial charge on any atom is -0.479 e. The monoisotopic (exact) mass is 300 g/mol. The fourth-order valence-electron chi connectivity index (χ4n) is 1.83. The molecule has 0 saturated heterocycles. The topological polar surface area (TPSA) is 101 Å². The zero-order valence-electron chi connectivity index (χ0n) is 10.9. The molecule has 0 aromatic heterocycles. The Bertz CT molecular complexity index is 588. The number of carboxylic acids is 1. The van der Waals surface area contributed by atoms with Crippen molar-refractivity contribution in [2.75, 3.05) is 0 Å². The van der Waals surface area contributed by atoms with E-state index in [0.717, 1.165) is 5.56 Å². The van der Waals surface area contributed by atoms with Crippen molar-refractivity contribution in [3.63, 3.8) is 0 Å². The molecule has 0 heterocycles. The Morgan fingerprint density at radius 2 is 1.85 bits per heavy atom. The van der Waals surface area contributed by atoms with Gasteiger partial charge >= 0.3 is 5.97 Å². The summed E-state index contributed by atoms with van der Waals surface area (Å²) in [5, 5.41) is 18.8. The van der Waals surface area contributed by atoms with Crippen LogP contribution >= 0.6 is 0 Å². The lowest BCUT2D eigenvalue weighted by Gasteiger charge is -2.18. The van der Waals surface area contributed by atoms with E-state index in [9.17, 15) is 18.3 Å². The molecule has 1 aliphatic rings. The SMILES string of the molecule is Cc1ccc(S(=O)(=O)O[C@H](C(=O)O)[C@H](O)C2CC2)cc1. The van der Waals surface area contributed by atoms with Crippen molar-refractivity contribution in [2.45, 2.75) is 36.9 Å². The molecule has 110 valence electrons. The van der Waals surface area contributed by atoms with E-state index in [-0.39, 0.29) is 10.8 Å². The zero-order chi connectivity index (χ0) is 14.9. The summed E-state index contributed by atoms with van der Waals surface area (Å²) in [7, 11) is -4.21. The van der Waals surface area contributed by atoms with Crippen LogP contribution < -0.4 is 0 Å². The number of hydrogen-bond donors (Lipinski definition) is 2. The average molecular weight is 300 g/mol. The van der Waals surface area contributed by atoms with Crippen molar-refractivity contribution in [3.8, 4) is 0 Å². The van der Waals surface area contributed by atoms with Gasteiger partial charge in [-0.25, -0.2) is 8.98 Å². The summed E-state index contributed by atoms with van der Waals surface area (Å²) in [6, 6.07) is 5.85. The Morgan fingerprint density at radius 1 is 1.30 bits per heavy atom. The summed E-state index contributed by atoms with van der Waals surface area (Å²) in [4.78, 5) is 11.0. The van der Waals surface area contributed by atoms with E-state index in [0.29, 0.717) is 12.8 Å². The summed E-state index contributed by atoms with van der Waals surface area (Å²) in [5.74, 6) is -1.69. The first kappa shape index (κ1) is 15.0. The van der Waals surface area contributed by atoms with Crippen LogP contribution in [-0.2, 0) is 19.1 Å². The second kappa shape index (κ2) is 5.51. The van der Waals surface area contributed by atoms with Gasteiger partial charge in [-0.1, -0.05) is 17.7 Å². The third kappa shape index (κ3) is 3.36. The summed E-state index contributed by atoms with van der Waals surface area (Å²) in [6.07, 6.45) is -1.72. The van der Waals surface area contributed by atoms with Crippen LogP contribution in [0, 0.1) is 12.8 Å². The van der Waals surface area contributed by atoms with Crippen molar-refractivity contribution in [3.05, 3.63) is 29.8 Å². The van der Waals surface area contributed by atoms with Crippen LogP contribution in [0.2, 0.25) is 0 Å². The highest BCUT2D eigenvalue weighted by Crippen LogP contribution is 2.35. The van der Waals surface area contributed by atoms with Gasteiger partial charge in [0.1, 0.15) is 0 Å². The molecule has 0 aliphatic heterocycles. The van der Waals surface area contributed by atoms with E-state index in [1.165, 1.54) is 12.1 Å². The fourth-order valence-corrected chi connectivity index (χ4v) is 2.88. The number of aliphatic carboxylic acids is 1. The number of carbonyl (C=O) groups is 1. The van der Waals surface area contributed by atoms with Crippen molar-refractivity contribution < 1.29 is 27.6 Å². The lowest BCUT2D eigenvalue weighted by Crippen LogP contribution is -2.39. The maximum absolute atomic E-state index is 12.0. The van der Waals surface area contributed by atoms with Crippen LogP contribution in [-0.4, -0.2) is 36.8 Å². The summed E-state index contributed by atoms with van der Waals surface area (Å²) < 4.78 is 28.7. The Kier molecular flexibility index (Phi) is 4.12. The Hall–Kier alpha value is -1.44. The number of benzene rings is 1. The average Bonchev–Trinajstić information content (AvgIpc) is 3.19. The highest BCUT2D eigenvalue weighted by Gasteiger charge is 2.42. The van der Waals surface area contributed by atoms with Gasteiger partial charge in [0.05, 0.1) is 11.0 Å². The smallest absolute Gasteiger partial charge is 0.337 e. The molecule has 1 aromatic carbocycles. The first-order valence-corrected chi connectivity index (χ1v) is 7.63. The standard InChI is InChI=1S/C13H16O6S/c1-8-2-6-10(7-3-8)20(17,18)19-12(13(15)16)11(14)9-4-5-9/h2-3,6-7,9,11-12,14H,4-5H2,1H3,(H,15,16)/t11-,12+/m1/s1. The van der Waals surface area contributed by atoms with E-state index in [4.69, 9.17) is 9.29 Å². The van der Waals surface area contributed by atoms with E-state index < -0.39 is 28.3 Å². The quantitative estimate of drug-likeness (QED) is 0.758. The molecule has 2 rings (SSSR count). The molecule has 20 heavy (non-hydrogen) atoms. The zero-order valence-corrected chi connectivity index (χ0v) is 11.7. The molecule has 2 N–H and O–H groups in total. The summed E-state index contributed by atoms with van der Waals surface area (Å²) in [5.41, 5.74) is 0.872. The molecule has 2 atom stereocenters. The minimum atomic E-state index is -4.21. The fraction of sp³-hybridized carbons (Fsp3) is 0.462. The number of aliphatic hydroxyl groups is 1. The molecule has 0 radical (unpaired) electrons. The van der Waals surface area contributed by atoms with Gasteiger partial charge in [0, 0.05) is 0 Å². The Morgan fingerprint density at radius 3 is 2.30 bits per heavy atom. The van der Waals surface area contributed by atoms with Gasteiger partial charge in [0.25, 0.3) is 10.1 Å². The number of aryl methyl sites for hydroxylation is 1. The van der Waals surface area contributed by atoms with Crippen LogP contribution in [0.3, 0.4) is 0 Å². The van der Waals surface area contributed by atoms with Crippen molar-refractivity contribution in [2.24, 2.45) is 5.92 Å². The minimum absolute atomic E-state index is 0.127. The largest absolute Gasteiger partial charge is 0.479 e. The molecule has 7 heteroatoms. The molecular weight excluding hydrogens is 284 g/mol. The van der Waals surface area contributed by atoms with Crippen LogP contribution in [0.1, 0.15) is 18.4 Å². The maximum Gasteiger partial charge on any atom is 0.337 e. The molecule has 1 saturated carbocycles. The highest BCUT2D eigenvalue weighted by atomic mass is 32.2. The molecule has 0 unspecified atom stereocenters. The van der Waals surface area contributed by atoms with Gasteiger partial charge in [-0.05, 0) is 37.8 Å².